The summed E-state index contributed by atoms with van der Waals surface area (Å²) in [5, 5.41) is 0. The summed E-state index contributed by atoms with van der Waals surface area (Å²) >= 11 is 4.03. The van der Waals surface area contributed by atoms with Crippen LogP contribution < -0.4 is 9.80 Å². The fourth-order valence-electron chi connectivity index (χ4n) is 3.78. The van der Waals surface area contributed by atoms with Gasteiger partial charge in [-0.05, 0) is 35.4 Å². The van der Waals surface area contributed by atoms with Crippen LogP contribution in [0, 0.1) is 0 Å². The number of rotatable bonds is 13. The fourth-order valence-corrected chi connectivity index (χ4v) is 5.90. The molecule has 4 rings (SSSR count). The topological polar surface area (TPSA) is 6.48 Å². The summed E-state index contributed by atoms with van der Waals surface area (Å²) in [7, 11) is 0. The van der Waals surface area contributed by atoms with E-state index in [4.69, 9.17) is 0 Å². The summed E-state index contributed by atoms with van der Waals surface area (Å²) in [6.45, 7) is 1.87. The predicted molar refractivity (Wildman–Crippen MR) is 153 cm³/mol. The molecule has 174 valence electrons. The normalized spacial score (nSPS) is 10.7. The largest absolute Gasteiger partial charge is 0.358 e. The highest BCUT2D eigenvalue weighted by Gasteiger charge is 2.09. The van der Waals surface area contributed by atoms with E-state index in [2.05, 4.69) is 131 Å². The van der Waals surface area contributed by atoms with E-state index >= 15 is 0 Å². The van der Waals surface area contributed by atoms with E-state index in [9.17, 15) is 0 Å². The van der Waals surface area contributed by atoms with Crippen LogP contribution in [-0.2, 0) is 13.1 Å². The summed E-state index contributed by atoms with van der Waals surface area (Å²) in [5.41, 5.74) is 5.26. The minimum Gasteiger partial charge on any atom is -0.358 e. The SMILES string of the molecule is c1ccc(CN(CSCCSCN(Cc2ccccc2)c2ccccc2)c2ccccc2)cc1. The van der Waals surface area contributed by atoms with Gasteiger partial charge in [-0.25, -0.2) is 0 Å². The summed E-state index contributed by atoms with van der Waals surface area (Å²) in [5.74, 6) is 4.26. The van der Waals surface area contributed by atoms with Crippen molar-refractivity contribution in [3.63, 3.8) is 0 Å². The van der Waals surface area contributed by atoms with Crippen LogP contribution >= 0.6 is 23.5 Å². The minimum atomic E-state index is 0.934. The first-order valence-electron chi connectivity index (χ1n) is 11.7. The van der Waals surface area contributed by atoms with Crippen molar-refractivity contribution in [1.82, 2.24) is 0 Å². The highest BCUT2D eigenvalue weighted by atomic mass is 32.2. The second kappa shape index (κ2) is 13.8. The number of anilines is 2. The molecule has 0 atom stereocenters. The van der Waals surface area contributed by atoms with Gasteiger partial charge in [0.25, 0.3) is 0 Å². The van der Waals surface area contributed by atoms with E-state index in [-0.39, 0.29) is 0 Å². The zero-order valence-corrected chi connectivity index (χ0v) is 21.1. The van der Waals surface area contributed by atoms with Gasteiger partial charge in [-0.1, -0.05) is 97.1 Å². The zero-order valence-electron chi connectivity index (χ0n) is 19.5. The summed E-state index contributed by atoms with van der Waals surface area (Å²) in [6.07, 6.45) is 0. The summed E-state index contributed by atoms with van der Waals surface area (Å²) in [6, 6.07) is 43.0. The van der Waals surface area contributed by atoms with Crippen LogP contribution in [0.4, 0.5) is 11.4 Å². The molecule has 0 aromatic heterocycles. The molecule has 0 saturated heterocycles. The fraction of sp³-hybridized carbons (Fsp3) is 0.200. The number of para-hydroxylation sites is 2. The second-order valence-electron chi connectivity index (χ2n) is 8.11. The van der Waals surface area contributed by atoms with Crippen LogP contribution in [0.5, 0.6) is 0 Å². The molecule has 34 heavy (non-hydrogen) atoms. The van der Waals surface area contributed by atoms with E-state index in [1.54, 1.807) is 0 Å². The molecule has 0 heterocycles. The number of benzene rings is 4. The van der Waals surface area contributed by atoms with Crippen molar-refractivity contribution in [2.45, 2.75) is 13.1 Å². The summed E-state index contributed by atoms with van der Waals surface area (Å²) < 4.78 is 0. The average molecular weight is 485 g/mol. The molecule has 0 unspecified atom stereocenters. The van der Waals surface area contributed by atoms with Gasteiger partial charge < -0.3 is 9.80 Å². The van der Waals surface area contributed by atoms with Crippen molar-refractivity contribution in [1.29, 1.82) is 0 Å². The molecule has 0 radical (unpaired) electrons. The Hall–Kier alpha value is -2.82. The third kappa shape index (κ3) is 7.89. The molecular formula is C30H32N2S2. The monoisotopic (exact) mass is 484 g/mol. The lowest BCUT2D eigenvalue weighted by atomic mass is 10.2. The van der Waals surface area contributed by atoms with Crippen LogP contribution in [0.15, 0.2) is 121 Å². The molecular weight excluding hydrogens is 452 g/mol. The van der Waals surface area contributed by atoms with Gasteiger partial charge >= 0.3 is 0 Å². The van der Waals surface area contributed by atoms with Gasteiger partial charge in [0.1, 0.15) is 0 Å². The van der Waals surface area contributed by atoms with Gasteiger partial charge in [0.05, 0.1) is 11.8 Å². The highest BCUT2D eigenvalue weighted by molar-refractivity contribution is 8.03. The quantitative estimate of drug-likeness (QED) is 0.141. The number of hydrogen-bond acceptors (Lipinski definition) is 4. The van der Waals surface area contributed by atoms with Crippen LogP contribution in [0.25, 0.3) is 0 Å². The molecule has 0 amide bonds. The Bertz CT molecular complexity index is 971. The maximum atomic E-state index is 2.47. The molecule has 0 saturated carbocycles. The van der Waals surface area contributed by atoms with Crippen molar-refractivity contribution in [3.8, 4) is 0 Å². The van der Waals surface area contributed by atoms with Crippen LogP contribution in [0.2, 0.25) is 0 Å². The Balaban J connectivity index is 1.27. The Labute approximate surface area is 213 Å². The first-order chi connectivity index (χ1) is 16.9. The van der Waals surface area contributed by atoms with Gasteiger partial charge in [0.15, 0.2) is 0 Å². The van der Waals surface area contributed by atoms with E-state index < -0.39 is 0 Å². The van der Waals surface area contributed by atoms with Gasteiger partial charge in [0, 0.05) is 36.0 Å². The smallest absolute Gasteiger partial charge is 0.0643 e. The Morgan fingerprint density at radius 3 is 1.09 bits per heavy atom. The molecule has 0 spiro atoms. The molecule has 4 heteroatoms. The second-order valence-corrected chi connectivity index (χ2v) is 10.3. The average Bonchev–Trinajstić information content (AvgIpc) is 2.91. The van der Waals surface area contributed by atoms with E-state index in [0.29, 0.717) is 0 Å². The van der Waals surface area contributed by atoms with Crippen molar-refractivity contribution in [2.75, 3.05) is 33.1 Å². The van der Waals surface area contributed by atoms with Crippen molar-refractivity contribution < 1.29 is 0 Å². The Morgan fingerprint density at radius 1 is 0.412 bits per heavy atom. The van der Waals surface area contributed by atoms with Gasteiger partial charge in [-0.2, -0.15) is 0 Å². The van der Waals surface area contributed by atoms with Gasteiger partial charge in [-0.3, -0.25) is 0 Å². The van der Waals surface area contributed by atoms with Crippen LogP contribution in [0.3, 0.4) is 0 Å². The standard InChI is InChI=1S/C30H32N2S2/c1-5-13-27(14-6-1)23-31(29-17-9-3-10-18-29)25-33-21-22-34-26-32(30-19-11-4-12-20-30)24-28-15-7-2-8-16-28/h1-20H,21-26H2. The molecule has 2 nitrogen and oxygen atoms in total. The Morgan fingerprint density at radius 2 is 0.735 bits per heavy atom. The first-order valence-corrected chi connectivity index (χ1v) is 14.0. The molecule has 4 aromatic rings. The van der Waals surface area contributed by atoms with Crippen molar-refractivity contribution in [2.24, 2.45) is 0 Å². The molecule has 0 aliphatic carbocycles. The summed E-state index contributed by atoms with van der Waals surface area (Å²) in [4.78, 5) is 4.94. The van der Waals surface area contributed by atoms with Crippen molar-refractivity contribution >= 4 is 34.9 Å². The van der Waals surface area contributed by atoms with Crippen molar-refractivity contribution in [3.05, 3.63) is 132 Å². The van der Waals surface area contributed by atoms with Crippen LogP contribution in [-0.4, -0.2) is 23.3 Å². The molecule has 4 aromatic carbocycles. The third-order valence-corrected chi connectivity index (χ3v) is 7.77. The van der Waals surface area contributed by atoms with Gasteiger partial charge in [-0.15, -0.1) is 23.5 Å². The number of nitrogens with zero attached hydrogens (tertiary/aromatic N) is 2. The maximum absolute atomic E-state index is 2.47. The Kier molecular flexibility index (Phi) is 9.85. The maximum Gasteiger partial charge on any atom is 0.0643 e. The van der Waals surface area contributed by atoms with E-state index in [1.165, 1.54) is 22.5 Å². The molecule has 0 N–H and O–H groups in total. The number of hydrogen-bond donors (Lipinski definition) is 0. The lowest BCUT2D eigenvalue weighted by Gasteiger charge is -2.26. The predicted octanol–water partition coefficient (Wildman–Crippen LogP) is 7.78. The highest BCUT2D eigenvalue weighted by Crippen LogP contribution is 2.22. The molecule has 0 bridgehead atoms. The molecule has 0 fully saturated rings. The first kappa shape index (κ1) is 24.3. The molecule has 0 aliphatic rings. The van der Waals surface area contributed by atoms with Crippen LogP contribution in [0.1, 0.15) is 11.1 Å². The number of thioether (sulfide) groups is 2. The minimum absolute atomic E-state index is 0.934. The van der Waals surface area contributed by atoms with E-state index in [1.807, 2.05) is 23.5 Å². The lowest BCUT2D eigenvalue weighted by Crippen LogP contribution is -2.23. The molecule has 0 aliphatic heterocycles. The zero-order chi connectivity index (χ0) is 23.3. The van der Waals surface area contributed by atoms with Gasteiger partial charge in [0.2, 0.25) is 0 Å². The third-order valence-electron chi connectivity index (χ3n) is 5.54. The lowest BCUT2D eigenvalue weighted by molar-refractivity contribution is 0.901. The van der Waals surface area contributed by atoms with E-state index in [0.717, 1.165) is 36.3 Å².